The number of nitrogens with two attached hydrogens (primary N) is 1. The number of hydrogen-bond acceptors (Lipinski definition) is 13. The molecule has 9 N–H and O–H groups in total. The Bertz CT molecular complexity index is 1240. The minimum absolute atomic E-state index is 0.1000. The number of ether oxygens (including phenoxy) is 2. The number of H-pyrrole nitrogens is 1. The number of aliphatic hydroxyl groups is 6. The van der Waals surface area contributed by atoms with Gasteiger partial charge < -0.3 is 45.8 Å². The van der Waals surface area contributed by atoms with Crippen LogP contribution in [0.4, 0.5) is 5.82 Å². The van der Waals surface area contributed by atoms with E-state index in [1.807, 2.05) is 0 Å². The first kappa shape index (κ1) is 27.6. The van der Waals surface area contributed by atoms with Crippen LogP contribution in [0.2, 0.25) is 0 Å². The predicted octanol–water partition coefficient (Wildman–Crippen LogP) is -4.80. The van der Waals surface area contributed by atoms with Crippen LogP contribution in [-0.2, 0) is 9.47 Å². The van der Waals surface area contributed by atoms with Crippen molar-refractivity contribution in [1.82, 2.24) is 19.1 Å². The maximum atomic E-state index is 11.7. The number of aromatic amines is 1. The smallest absolute Gasteiger partial charge is 0.351 e. The summed E-state index contributed by atoms with van der Waals surface area (Å²) in [5, 5.41) is 56.7. The molecule has 2 aliphatic heterocycles. The minimum Gasteiger partial charge on any atom is -0.394 e. The van der Waals surface area contributed by atoms with E-state index in [4.69, 9.17) is 25.4 Å². The van der Waals surface area contributed by atoms with Crippen molar-refractivity contribution in [1.29, 1.82) is 0 Å². The zero-order chi connectivity index (χ0) is 26.9. The molecule has 4 rings (SSSR count). The van der Waals surface area contributed by atoms with Gasteiger partial charge in [-0.05, 0) is 13.8 Å². The van der Waals surface area contributed by atoms with Crippen LogP contribution >= 0.6 is 0 Å². The molecule has 16 heteroatoms. The number of aryl methyl sites for hydroxylation is 2. The molecular weight excluding hydrogens is 486 g/mol. The Hall–Kier alpha value is -2.96. The monoisotopic (exact) mass is 515 g/mol. The highest BCUT2D eigenvalue weighted by Crippen LogP contribution is 2.29. The molecule has 8 atom stereocenters. The van der Waals surface area contributed by atoms with Gasteiger partial charge in [-0.15, -0.1) is 0 Å². The van der Waals surface area contributed by atoms with Gasteiger partial charge in [-0.25, -0.2) is 9.59 Å². The van der Waals surface area contributed by atoms with Gasteiger partial charge in [-0.2, -0.15) is 4.98 Å². The molecule has 0 bridgehead atoms. The summed E-state index contributed by atoms with van der Waals surface area (Å²) < 4.78 is 12.5. The van der Waals surface area contributed by atoms with Crippen molar-refractivity contribution in [2.45, 2.75) is 62.9 Å². The van der Waals surface area contributed by atoms with E-state index in [1.165, 1.54) is 19.3 Å². The first-order valence-electron chi connectivity index (χ1n) is 10.8. The number of anilines is 1. The highest BCUT2D eigenvalue weighted by atomic mass is 16.6. The Morgan fingerprint density at radius 1 is 0.861 bits per heavy atom. The largest absolute Gasteiger partial charge is 0.394 e. The van der Waals surface area contributed by atoms with Crippen molar-refractivity contribution in [2.24, 2.45) is 0 Å². The van der Waals surface area contributed by atoms with Crippen LogP contribution in [0.15, 0.2) is 26.8 Å². The van der Waals surface area contributed by atoms with Gasteiger partial charge in [0.2, 0.25) is 0 Å². The maximum Gasteiger partial charge on any atom is 0.351 e. The number of nitrogens with one attached hydrogen (secondary N) is 1. The number of nitrogen functional groups attached to an aromatic ring is 1. The highest BCUT2D eigenvalue weighted by Gasteiger charge is 2.44. The van der Waals surface area contributed by atoms with Crippen molar-refractivity contribution >= 4 is 5.82 Å². The van der Waals surface area contributed by atoms with Gasteiger partial charge in [-0.1, -0.05) is 0 Å². The Morgan fingerprint density at radius 2 is 1.33 bits per heavy atom. The Kier molecular flexibility index (Phi) is 8.42. The molecule has 16 nitrogen and oxygen atoms in total. The lowest BCUT2D eigenvalue weighted by atomic mass is 10.1. The van der Waals surface area contributed by atoms with Crippen molar-refractivity contribution in [2.75, 3.05) is 18.9 Å². The number of aliphatic hydroxyl groups excluding tert-OH is 6. The lowest BCUT2D eigenvalue weighted by molar-refractivity contribution is -0.0551. The van der Waals surface area contributed by atoms with Gasteiger partial charge in [0.05, 0.1) is 13.2 Å². The predicted molar refractivity (Wildman–Crippen MR) is 120 cm³/mol. The quantitative estimate of drug-likeness (QED) is 0.190. The Balaban J connectivity index is 0.000000201. The van der Waals surface area contributed by atoms with Crippen LogP contribution in [0.5, 0.6) is 0 Å². The van der Waals surface area contributed by atoms with E-state index in [2.05, 4.69) is 9.97 Å². The molecule has 2 aliphatic rings. The van der Waals surface area contributed by atoms with Crippen LogP contribution in [0, 0.1) is 13.8 Å². The molecule has 2 saturated heterocycles. The van der Waals surface area contributed by atoms with E-state index in [-0.39, 0.29) is 11.4 Å². The van der Waals surface area contributed by atoms with Gasteiger partial charge in [0.1, 0.15) is 42.4 Å². The van der Waals surface area contributed by atoms with E-state index < -0.39 is 79.2 Å². The average Bonchev–Trinajstić information content (AvgIpc) is 3.29. The Morgan fingerprint density at radius 3 is 1.81 bits per heavy atom. The standard InChI is InChI=1S/C10H15N3O5.C10H14N2O6/c1-4-2-13(10(17)12-8(4)11)9-7(16)6(15)5(3-14)18-9;1-4-2-12(10(17)11-8(4)16)9-7(15)6(14)5(3-13)18-9/h2,5-7,9,14-16H,3H2,1H3,(H2,11,12,17);2,5-7,9,13-15H,3H2,1H3,(H,11,16,17)/t2*5-,6-,7-,9-/m11/s1. The molecule has 0 saturated carbocycles. The topological polar surface area (TPSA) is 256 Å². The van der Waals surface area contributed by atoms with Gasteiger partial charge >= 0.3 is 11.4 Å². The zero-order valence-electron chi connectivity index (χ0n) is 19.3. The van der Waals surface area contributed by atoms with E-state index >= 15 is 0 Å². The molecular formula is C20H29N5O11. The molecule has 0 aliphatic carbocycles. The molecule has 2 fully saturated rings. The first-order valence-corrected chi connectivity index (χ1v) is 10.8. The fraction of sp³-hybridized carbons (Fsp3) is 0.600. The van der Waals surface area contributed by atoms with Gasteiger partial charge in [0.15, 0.2) is 12.5 Å². The zero-order valence-corrected chi connectivity index (χ0v) is 19.3. The molecule has 36 heavy (non-hydrogen) atoms. The summed E-state index contributed by atoms with van der Waals surface area (Å²) >= 11 is 0. The van der Waals surface area contributed by atoms with Gasteiger partial charge in [0, 0.05) is 23.5 Å². The molecule has 2 aromatic heterocycles. The number of aromatic nitrogens is 4. The number of rotatable bonds is 4. The van der Waals surface area contributed by atoms with E-state index in [1.54, 1.807) is 6.92 Å². The van der Waals surface area contributed by atoms with Crippen LogP contribution < -0.4 is 22.7 Å². The summed E-state index contributed by atoms with van der Waals surface area (Å²) in [5.74, 6) is 0.1000. The van der Waals surface area contributed by atoms with Crippen molar-refractivity contribution in [3.05, 3.63) is 54.8 Å². The first-order chi connectivity index (χ1) is 16.9. The fourth-order valence-electron chi connectivity index (χ4n) is 3.76. The summed E-state index contributed by atoms with van der Waals surface area (Å²) in [7, 11) is 0. The third kappa shape index (κ3) is 5.25. The van der Waals surface area contributed by atoms with Crippen molar-refractivity contribution < 1.29 is 40.1 Å². The van der Waals surface area contributed by atoms with E-state index in [9.17, 15) is 34.8 Å². The molecule has 0 amide bonds. The van der Waals surface area contributed by atoms with Crippen LogP contribution in [0.1, 0.15) is 23.6 Å². The normalized spacial score (nSPS) is 31.8. The summed E-state index contributed by atoms with van der Waals surface area (Å²) in [6.07, 6.45) is -6.72. The fourth-order valence-corrected chi connectivity index (χ4v) is 3.76. The second kappa shape index (κ2) is 11.0. The summed E-state index contributed by atoms with van der Waals surface area (Å²) in [6, 6.07) is 0. The van der Waals surface area contributed by atoms with Gasteiger partial charge in [0.25, 0.3) is 5.56 Å². The second-order valence-corrected chi connectivity index (χ2v) is 8.44. The van der Waals surface area contributed by atoms with E-state index in [0.717, 1.165) is 9.13 Å². The van der Waals surface area contributed by atoms with Crippen LogP contribution in [0.3, 0.4) is 0 Å². The number of nitrogens with zero attached hydrogens (tertiary/aromatic N) is 3. The molecule has 200 valence electrons. The molecule has 0 aromatic carbocycles. The average molecular weight is 515 g/mol. The van der Waals surface area contributed by atoms with E-state index in [0.29, 0.717) is 5.56 Å². The molecule has 0 spiro atoms. The summed E-state index contributed by atoms with van der Waals surface area (Å²) in [4.78, 5) is 40.1. The molecule has 2 aromatic rings. The minimum atomic E-state index is -1.36. The molecule has 0 unspecified atom stereocenters. The van der Waals surface area contributed by atoms with Crippen LogP contribution in [0.25, 0.3) is 0 Å². The molecule has 0 radical (unpaired) electrons. The number of hydrogen-bond donors (Lipinski definition) is 8. The van der Waals surface area contributed by atoms with Crippen molar-refractivity contribution in [3.8, 4) is 0 Å². The summed E-state index contributed by atoms with van der Waals surface area (Å²) in [5.41, 5.74) is 4.34. The van der Waals surface area contributed by atoms with Crippen molar-refractivity contribution in [3.63, 3.8) is 0 Å². The lowest BCUT2D eigenvalue weighted by Gasteiger charge is -2.17. The second-order valence-electron chi connectivity index (χ2n) is 8.44. The highest BCUT2D eigenvalue weighted by molar-refractivity contribution is 5.35. The third-order valence-electron chi connectivity index (χ3n) is 5.90. The lowest BCUT2D eigenvalue weighted by Crippen LogP contribution is -2.38. The maximum absolute atomic E-state index is 11.7. The SMILES string of the molecule is Cc1cn([C@@H]2O[C@H](CO)[C@@H](O)[C@H]2O)c(=O)[nH]c1=O.Cc1cn([C@@H]2O[C@H](CO)[C@@H](O)[C@H]2O)c(=O)nc1N. The Labute approximate surface area is 202 Å². The summed E-state index contributed by atoms with van der Waals surface area (Å²) in [6.45, 7) is 2.21. The van der Waals surface area contributed by atoms with Crippen LogP contribution in [-0.4, -0.2) is 99.6 Å². The third-order valence-corrected chi connectivity index (χ3v) is 5.90. The van der Waals surface area contributed by atoms with Gasteiger partial charge in [-0.3, -0.25) is 18.9 Å². The molecule has 4 heterocycles.